The average Bonchev–Trinajstić information content (AvgIpc) is 2.35. The Kier molecular flexibility index (Phi) is 5.55. The number of aryl methyl sites for hydroxylation is 1. The molecule has 0 saturated carbocycles. The first-order valence-corrected chi connectivity index (χ1v) is 5.69. The van der Waals surface area contributed by atoms with E-state index in [4.69, 9.17) is 11.2 Å². The smallest absolute Gasteiger partial charge is 0.122 e. The minimum atomic E-state index is -0.564. The second-order valence-electron chi connectivity index (χ2n) is 4.03. The van der Waals surface area contributed by atoms with E-state index in [1.807, 2.05) is 38.1 Å². The highest BCUT2D eigenvalue weighted by Crippen LogP contribution is 2.16. The fourth-order valence-corrected chi connectivity index (χ4v) is 1.34. The number of hydrogen-bond acceptors (Lipinski definition) is 3. The third-order valence-corrected chi connectivity index (χ3v) is 2.43. The summed E-state index contributed by atoms with van der Waals surface area (Å²) in [6.45, 7) is 4.53. The first-order chi connectivity index (χ1) is 8.13. The van der Waals surface area contributed by atoms with Gasteiger partial charge in [-0.25, -0.2) is 0 Å². The van der Waals surface area contributed by atoms with Gasteiger partial charge >= 0.3 is 0 Å². The molecule has 0 aromatic heterocycles. The first kappa shape index (κ1) is 13.6. The lowest BCUT2D eigenvalue weighted by molar-refractivity contribution is 0.105. The highest BCUT2D eigenvalue weighted by Gasteiger charge is 2.07. The molecule has 0 bridgehead atoms. The Morgan fingerprint density at radius 1 is 1.47 bits per heavy atom. The Morgan fingerprint density at radius 2 is 2.18 bits per heavy atom. The van der Waals surface area contributed by atoms with E-state index in [2.05, 4.69) is 11.2 Å². The summed E-state index contributed by atoms with van der Waals surface area (Å²) < 4.78 is 5.52. The van der Waals surface area contributed by atoms with E-state index in [9.17, 15) is 5.11 Å². The van der Waals surface area contributed by atoms with Crippen molar-refractivity contribution < 1.29 is 9.84 Å². The molecule has 0 spiro atoms. The summed E-state index contributed by atoms with van der Waals surface area (Å²) >= 11 is 0. The Hall–Kier alpha value is -1.50. The molecule has 3 heteroatoms. The molecule has 1 rings (SSSR count). The third kappa shape index (κ3) is 4.90. The van der Waals surface area contributed by atoms with Crippen molar-refractivity contribution in [1.82, 2.24) is 5.32 Å². The lowest BCUT2D eigenvalue weighted by Gasteiger charge is -2.15. The maximum absolute atomic E-state index is 9.69. The van der Waals surface area contributed by atoms with Gasteiger partial charge in [0.05, 0.1) is 6.04 Å². The molecule has 0 aliphatic carbocycles. The van der Waals surface area contributed by atoms with E-state index in [0.29, 0.717) is 6.54 Å². The van der Waals surface area contributed by atoms with Gasteiger partial charge in [0.2, 0.25) is 0 Å². The molecule has 92 valence electrons. The molecule has 0 saturated heterocycles. The highest BCUT2D eigenvalue weighted by molar-refractivity contribution is 5.31. The third-order valence-electron chi connectivity index (χ3n) is 2.43. The van der Waals surface area contributed by atoms with Crippen LogP contribution in [0.5, 0.6) is 5.75 Å². The molecule has 1 aromatic carbocycles. The van der Waals surface area contributed by atoms with Crippen LogP contribution in [0, 0.1) is 19.3 Å². The molecule has 3 nitrogen and oxygen atoms in total. The number of aliphatic hydroxyl groups excluding tert-OH is 1. The maximum Gasteiger partial charge on any atom is 0.122 e. The van der Waals surface area contributed by atoms with Crippen molar-refractivity contribution in [3.8, 4) is 18.1 Å². The molecule has 0 fully saturated rings. The van der Waals surface area contributed by atoms with E-state index in [1.54, 1.807) is 0 Å². The normalized spacial score (nSPS) is 13.8. The van der Waals surface area contributed by atoms with Crippen LogP contribution in [-0.2, 0) is 0 Å². The number of nitrogens with one attached hydrogen (secondary N) is 1. The van der Waals surface area contributed by atoms with Crippen LogP contribution < -0.4 is 10.1 Å². The zero-order valence-corrected chi connectivity index (χ0v) is 10.3. The average molecular weight is 233 g/mol. The predicted octanol–water partition coefficient (Wildman–Crippen LogP) is 1.35. The second-order valence-corrected chi connectivity index (χ2v) is 4.03. The van der Waals surface area contributed by atoms with Gasteiger partial charge in [0.1, 0.15) is 18.5 Å². The minimum absolute atomic E-state index is 0.0388. The van der Waals surface area contributed by atoms with Gasteiger partial charge in [-0.2, -0.15) is 0 Å². The van der Waals surface area contributed by atoms with Crippen LogP contribution in [0.25, 0.3) is 0 Å². The van der Waals surface area contributed by atoms with E-state index in [-0.39, 0.29) is 12.6 Å². The standard InChI is InChI=1S/C14H19NO2/c1-4-12(3)15-9-13(16)10-17-14-8-6-5-7-11(14)2/h1,5-8,12-13,15-16H,9-10H2,2-3H3. The van der Waals surface area contributed by atoms with Crippen LogP contribution in [-0.4, -0.2) is 30.4 Å². The minimum Gasteiger partial charge on any atom is -0.491 e. The van der Waals surface area contributed by atoms with Gasteiger partial charge in [0, 0.05) is 6.54 Å². The van der Waals surface area contributed by atoms with E-state index < -0.39 is 6.10 Å². The van der Waals surface area contributed by atoms with Crippen molar-refractivity contribution in [2.75, 3.05) is 13.2 Å². The van der Waals surface area contributed by atoms with Crippen molar-refractivity contribution in [1.29, 1.82) is 0 Å². The van der Waals surface area contributed by atoms with Crippen molar-refractivity contribution in [3.63, 3.8) is 0 Å². The molecule has 2 unspecified atom stereocenters. The molecule has 0 radical (unpaired) electrons. The predicted molar refractivity (Wildman–Crippen MR) is 69.0 cm³/mol. The van der Waals surface area contributed by atoms with Crippen LogP contribution in [0.15, 0.2) is 24.3 Å². The molecule has 0 heterocycles. The van der Waals surface area contributed by atoms with Gasteiger partial charge in [0.15, 0.2) is 0 Å². The number of hydrogen-bond donors (Lipinski definition) is 2. The number of benzene rings is 1. The Balaban J connectivity index is 2.31. The fourth-order valence-electron chi connectivity index (χ4n) is 1.34. The van der Waals surface area contributed by atoms with E-state index in [1.165, 1.54) is 0 Å². The molecule has 1 aromatic rings. The number of rotatable bonds is 6. The van der Waals surface area contributed by atoms with Crippen molar-refractivity contribution in [3.05, 3.63) is 29.8 Å². The fraction of sp³-hybridized carbons (Fsp3) is 0.429. The molecule has 17 heavy (non-hydrogen) atoms. The first-order valence-electron chi connectivity index (χ1n) is 5.69. The van der Waals surface area contributed by atoms with Crippen LogP contribution in [0.4, 0.5) is 0 Å². The summed E-state index contributed by atoms with van der Waals surface area (Å²) in [6.07, 6.45) is 4.65. The Bertz CT molecular complexity index is 384. The summed E-state index contributed by atoms with van der Waals surface area (Å²) in [5, 5.41) is 12.7. The van der Waals surface area contributed by atoms with Crippen LogP contribution >= 0.6 is 0 Å². The highest BCUT2D eigenvalue weighted by atomic mass is 16.5. The van der Waals surface area contributed by atoms with Gasteiger partial charge in [-0.15, -0.1) is 6.42 Å². The van der Waals surface area contributed by atoms with E-state index in [0.717, 1.165) is 11.3 Å². The summed E-state index contributed by atoms with van der Waals surface area (Å²) in [5.74, 6) is 3.34. The summed E-state index contributed by atoms with van der Waals surface area (Å²) in [5.41, 5.74) is 1.06. The Morgan fingerprint density at radius 3 is 2.82 bits per heavy atom. The number of ether oxygens (including phenoxy) is 1. The lowest BCUT2D eigenvalue weighted by atomic mass is 10.2. The van der Waals surface area contributed by atoms with Gasteiger partial charge in [-0.3, -0.25) is 0 Å². The monoisotopic (exact) mass is 233 g/mol. The van der Waals surface area contributed by atoms with Crippen molar-refractivity contribution in [2.45, 2.75) is 26.0 Å². The lowest BCUT2D eigenvalue weighted by Crippen LogP contribution is -2.35. The van der Waals surface area contributed by atoms with E-state index >= 15 is 0 Å². The number of terminal acetylenes is 1. The van der Waals surface area contributed by atoms with Gasteiger partial charge in [-0.1, -0.05) is 24.1 Å². The SMILES string of the molecule is C#CC(C)NCC(O)COc1ccccc1C. The van der Waals surface area contributed by atoms with Crippen LogP contribution in [0.1, 0.15) is 12.5 Å². The van der Waals surface area contributed by atoms with Gasteiger partial charge in [-0.05, 0) is 25.5 Å². The van der Waals surface area contributed by atoms with Crippen molar-refractivity contribution >= 4 is 0 Å². The van der Waals surface area contributed by atoms with Crippen LogP contribution in [0.2, 0.25) is 0 Å². The zero-order chi connectivity index (χ0) is 12.7. The maximum atomic E-state index is 9.69. The topological polar surface area (TPSA) is 41.5 Å². The zero-order valence-electron chi connectivity index (χ0n) is 10.3. The number of aliphatic hydroxyl groups is 1. The molecule has 0 aliphatic rings. The summed E-state index contributed by atoms with van der Waals surface area (Å²) in [4.78, 5) is 0. The second kappa shape index (κ2) is 6.95. The molecular formula is C14H19NO2. The molecular weight excluding hydrogens is 214 g/mol. The van der Waals surface area contributed by atoms with Crippen LogP contribution in [0.3, 0.4) is 0 Å². The molecule has 2 N–H and O–H groups in total. The van der Waals surface area contributed by atoms with Gasteiger partial charge < -0.3 is 15.2 Å². The molecule has 0 amide bonds. The van der Waals surface area contributed by atoms with Gasteiger partial charge in [0.25, 0.3) is 0 Å². The summed E-state index contributed by atoms with van der Waals surface area (Å²) in [6, 6.07) is 7.69. The largest absolute Gasteiger partial charge is 0.491 e. The summed E-state index contributed by atoms with van der Waals surface area (Å²) in [7, 11) is 0. The number of para-hydroxylation sites is 1. The quantitative estimate of drug-likeness (QED) is 0.729. The molecule has 2 atom stereocenters. The Labute approximate surface area is 103 Å². The van der Waals surface area contributed by atoms with Crippen molar-refractivity contribution in [2.24, 2.45) is 0 Å². The molecule has 0 aliphatic heterocycles.